The van der Waals surface area contributed by atoms with Gasteiger partial charge in [-0.3, -0.25) is 0 Å². The predicted molar refractivity (Wildman–Crippen MR) is 72.5 cm³/mol. The van der Waals surface area contributed by atoms with Crippen molar-refractivity contribution in [2.24, 2.45) is 17.6 Å². The van der Waals surface area contributed by atoms with E-state index >= 15 is 0 Å². The van der Waals surface area contributed by atoms with Crippen molar-refractivity contribution in [2.45, 2.75) is 51.6 Å². The van der Waals surface area contributed by atoms with Crippen molar-refractivity contribution in [3.8, 4) is 0 Å². The fraction of sp³-hybridized carbons (Fsp3) is 0.857. The van der Waals surface area contributed by atoms with Crippen LogP contribution in [-0.4, -0.2) is 23.8 Å². The van der Waals surface area contributed by atoms with Crippen LogP contribution in [0.2, 0.25) is 0 Å². The Kier molecular flexibility index (Phi) is 5.34. The van der Waals surface area contributed by atoms with Crippen molar-refractivity contribution < 1.29 is 9.26 Å². The summed E-state index contributed by atoms with van der Waals surface area (Å²) in [5.41, 5.74) is 5.62. The molecule has 1 aromatic rings. The molecule has 108 valence electrons. The Labute approximate surface area is 114 Å². The molecule has 0 aromatic carbocycles. The minimum Gasteiger partial charge on any atom is -0.373 e. The lowest BCUT2D eigenvalue weighted by Crippen LogP contribution is -2.19. The van der Waals surface area contributed by atoms with Gasteiger partial charge in [0.15, 0.2) is 0 Å². The van der Waals surface area contributed by atoms with Gasteiger partial charge < -0.3 is 15.0 Å². The third-order valence-corrected chi connectivity index (χ3v) is 4.00. The van der Waals surface area contributed by atoms with E-state index in [1.165, 1.54) is 32.1 Å². The molecule has 2 rings (SSSR count). The zero-order valence-electron chi connectivity index (χ0n) is 12.0. The Balaban J connectivity index is 2.02. The topological polar surface area (TPSA) is 74.2 Å². The monoisotopic (exact) mass is 267 g/mol. The molecule has 0 radical (unpaired) electrons. The molecule has 5 nitrogen and oxygen atoms in total. The van der Waals surface area contributed by atoms with E-state index in [4.69, 9.17) is 15.0 Å². The maximum absolute atomic E-state index is 5.62. The van der Waals surface area contributed by atoms with Crippen LogP contribution in [0.3, 0.4) is 0 Å². The summed E-state index contributed by atoms with van der Waals surface area (Å²) in [5, 5.41) is 4.10. The summed E-state index contributed by atoms with van der Waals surface area (Å²) in [6, 6.07) is 0. The number of hydrogen-bond donors (Lipinski definition) is 1. The van der Waals surface area contributed by atoms with Gasteiger partial charge >= 0.3 is 0 Å². The Morgan fingerprint density at radius 3 is 2.74 bits per heavy atom. The minimum atomic E-state index is -0.0222. The van der Waals surface area contributed by atoms with Gasteiger partial charge in [-0.2, -0.15) is 4.98 Å². The molecule has 1 aliphatic carbocycles. The Morgan fingerprint density at radius 1 is 1.37 bits per heavy atom. The summed E-state index contributed by atoms with van der Waals surface area (Å²) in [4.78, 5) is 4.49. The highest BCUT2D eigenvalue weighted by atomic mass is 16.5. The zero-order chi connectivity index (χ0) is 13.7. The van der Waals surface area contributed by atoms with Crippen molar-refractivity contribution in [1.82, 2.24) is 10.1 Å². The lowest BCUT2D eigenvalue weighted by Gasteiger charge is -2.26. The molecule has 0 amide bonds. The van der Waals surface area contributed by atoms with Crippen LogP contribution in [0.4, 0.5) is 0 Å². The molecule has 0 saturated heterocycles. The van der Waals surface area contributed by atoms with Crippen LogP contribution in [0.15, 0.2) is 4.52 Å². The number of rotatable bonds is 6. The summed E-state index contributed by atoms with van der Waals surface area (Å²) < 4.78 is 10.9. The van der Waals surface area contributed by atoms with Crippen LogP contribution in [0.1, 0.15) is 56.8 Å². The molecular formula is C14H25N3O2. The molecule has 0 aliphatic heterocycles. The zero-order valence-corrected chi connectivity index (χ0v) is 12.0. The normalized spacial score (nSPS) is 20.4. The van der Waals surface area contributed by atoms with Gasteiger partial charge in [0, 0.05) is 13.5 Å². The second kappa shape index (κ2) is 7.01. The van der Waals surface area contributed by atoms with E-state index in [2.05, 4.69) is 17.1 Å². The summed E-state index contributed by atoms with van der Waals surface area (Å²) in [5.74, 6) is 2.26. The number of ether oxygens (including phenoxy) is 1. The molecule has 0 bridgehead atoms. The summed E-state index contributed by atoms with van der Waals surface area (Å²) in [6.07, 6.45) is 7.00. The molecule has 2 unspecified atom stereocenters. The maximum Gasteiger partial charge on any atom is 0.227 e. The van der Waals surface area contributed by atoms with Crippen molar-refractivity contribution in [3.63, 3.8) is 0 Å². The van der Waals surface area contributed by atoms with Gasteiger partial charge in [0.05, 0.1) is 0 Å². The van der Waals surface area contributed by atoms with Gasteiger partial charge in [0.1, 0.15) is 6.10 Å². The molecule has 0 spiro atoms. The first-order valence-corrected chi connectivity index (χ1v) is 7.30. The third-order valence-electron chi connectivity index (χ3n) is 4.00. The number of aromatic nitrogens is 2. The number of hydrogen-bond acceptors (Lipinski definition) is 5. The molecule has 19 heavy (non-hydrogen) atoms. The molecule has 5 heteroatoms. The van der Waals surface area contributed by atoms with Crippen molar-refractivity contribution >= 4 is 0 Å². The largest absolute Gasteiger partial charge is 0.373 e. The summed E-state index contributed by atoms with van der Waals surface area (Å²) in [6.45, 7) is 2.72. The van der Waals surface area contributed by atoms with E-state index in [0.29, 0.717) is 30.1 Å². The number of nitrogens with two attached hydrogens (primary N) is 1. The molecule has 1 aromatic heterocycles. The maximum atomic E-state index is 5.62. The van der Waals surface area contributed by atoms with Crippen LogP contribution in [0.25, 0.3) is 0 Å². The molecule has 1 fully saturated rings. The fourth-order valence-electron chi connectivity index (χ4n) is 2.79. The van der Waals surface area contributed by atoms with E-state index < -0.39 is 0 Å². The molecule has 1 saturated carbocycles. The highest BCUT2D eigenvalue weighted by molar-refractivity contribution is 4.95. The second-order valence-corrected chi connectivity index (χ2v) is 5.65. The van der Waals surface area contributed by atoms with Crippen molar-refractivity contribution in [3.05, 3.63) is 11.7 Å². The van der Waals surface area contributed by atoms with Crippen LogP contribution in [0, 0.1) is 11.8 Å². The van der Waals surface area contributed by atoms with Gasteiger partial charge in [-0.15, -0.1) is 0 Å². The van der Waals surface area contributed by atoms with Crippen molar-refractivity contribution in [2.75, 3.05) is 13.7 Å². The van der Waals surface area contributed by atoms with E-state index in [-0.39, 0.29) is 6.10 Å². The van der Waals surface area contributed by atoms with Gasteiger partial charge in [-0.05, 0) is 31.2 Å². The first-order valence-electron chi connectivity index (χ1n) is 7.30. The van der Waals surface area contributed by atoms with Crippen LogP contribution in [0.5, 0.6) is 0 Å². The van der Waals surface area contributed by atoms with Gasteiger partial charge in [-0.1, -0.05) is 31.3 Å². The average Bonchev–Trinajstić information content (AvgIpc) is 2.89. The lowest BCUT2D eigenvalue weighted by molar-refractivity contribution is 0.0273. The van der Waals surface area contributed by atoms with Gasteiger partial charge in [0.25, 0.3) is 0 Å². The second-order valence-electron chi connectivity index (χ2n) is 5.65. The standard InChI is InChI=1S/C14H25N3O2/c1-10(9-15)8-12-16-14(17-19-12)13(18-2)11-6-4-3-5-7-11/h10-11,13H,3-9,15H2,1-2H3. The quantitative estimate of drug-likeness (QED) is 0.857. The lowest BCUT2D eigenvalue weighted by atomic mass is 9.85. The fourth-order valence-corrected chi connectivity index (χ4v) is 2.79. The molecule has 2 N–H and O–H groups in total. The molecule has 1 aliphatic rings. The average molecular weight is 267 g/mol. The van der Waals surface area contributed by atoms with Gasteiger partial charge in [-0.25, -0.2) is 0 Å². The summed E-state index contributed by atoms with van der Waals surface area (Å²) in [7, 11) is 1.73. The SMILES string of the molecule is COC(c1noc(CC(C)CN)n1)C1CCCCC1. The van der Waals surface area contributed by atoms with E-state index in [1.54, 1.807) is 7.11 Å². The Hall–Kier alpha value is -0.940. The third kappa shape index (κ3) is 3.76. The van der Waals surface area contributed by atoms with E-state index in [0.717, 1.165) is 6.42 Å². The number of methoxy groups -OCH3 is 1. The highest BCUT2D eigenvalue weighted by Gasteiger charge is 2.29. The van der Waals surface area contributed by atoms with E-state index in [1.807, 2.05) is 0 Å². The van der Waals surface area contributed by atoms with E-state index in [9.17, 15) is 0 Å². The van der Waals surface area contributed by atoms with Crippen LogP contribution >= 0.6 is 0 Å². The highest BCUT2D eigenvalue weighted by Crippen LogP contribution is 2.35. The molecule has 2 atom stereocenters. The Bertz CT molecular complexity index is 375. The first kappa shape index (κ1) is 14.5. The predicted octanol–water partition coefficient (Wildman–Crippen LogP) is 2.47. The first-order chi connectivity index (χ1) is 9.24. The van der Waals surface area contributed by atoms with Crippen LogP contribution in [-0.2, 0) is 11.2 Å². The summed E-state index contributed by atoms with van der Waals surface area (Å²) >= 11 is 0. The number of nitrogens with zero attached hydrogens (tertiary/aromatic N) is 2. The molecule has 1 heterocycles. The van der Waals surface area contributed by atoms with Gasteiger partial charge in [0.2, 0.25) is 11.7 Å². The minimum absolute atomic E-state index is 0.0222. The van der Waals surface area contributed by atoms with Crippen LogP contribution < -0.4 is 5.73 Å². The Morgan fingerprint density at radius 2 is 2.11 bits per heavy atom. The van der Waals surface area contributed by atoms with Crippen molar-refractivity contribution in [1.29, 1.82) is 0 Å². The smallest absolute Gasteiger partial charge is 0.227 e. The molecular weight excluding hydrogens is 242 g/mol.